The molecule has 5 heterocycles. The summed E-state index contributed by atoms with van der Waals surface area (Å²) in [5.74, 6) is -0.342. The molecule has 10 heteroatoms. The van der Waals surface area contributed by atoms with Crippen LogP contribution in [0.3, 0.4) is 0 Å². The summed E-state index contributed by atoms with van der Waals surface area (Å²) in [6.45, 7) is 9.38. The lowest BCUT2D eigenvalue weighted by atomic mass is 10.0. The van der Waals surface area contributed by atoms with Crippen molar-refractivity contribution in [2.75, 3.05) is 50.7 Å². The number of halogens is 2. The highest BCUT2D eigenvalue weighted by atomic mass is 32.1. The van der Waals surface area contributed by atoms with E-state index in [2.05, 4.69) is 22.1 Å². The number of amides is 1. The molecular formula is C35H36F2N6OS. The molecular weight excluding hydrogens is 590 g/mol. The first-order valence-electron chi connectivity index (χ1n) is 15.7. The second-order valence-corrected chi connectivity index (χ2v) is 12.7. The van der Waals surface area contributed by atoms with Crippen LogP contribution in [-0.4, -0.2) is 75.9 Å². The van der Waals surface area contributed by atoms with Gasteiger partial charge in [0.2, 0.25) is 5.91 Å². The van der Waals surface area contributed by atoms with E-state index in [1.54, 1.807) is 19.1 Å². The van der Waals surface area contributed by atoms with Crippen molar-refractivity contribution in [2.24, 2.45) is 0 Å². The molecule has 0 aliphatic carbocycles. The van der Waals surface area contributed by atoms with Crippen LogP contribution in [0.4, 0.5) is 14.5 Å². The third-order valence-corrected chi connectivity index (χ3v) is 9.96. The number of fused-ring (bicyclic) bond motifs is 1. The van der Waals surface area contributed by atoms with Crippen LogP contribution in [0.1, 0.15) is 31.0 Å². The SMILES string of the molecule is CCc1nc2ccc(N3CCN(CC(=O)N4CCCC4)CC3)cn2c1-c1ccc(-c2nc(-c3ccc(F)cc3)cs2)c(C)c1F. The average molecular weight is 627 g/mol. The van der Waals surface area contributed by atoms with E-state index < -0.39 is 0 Å². The van der Waals surface area contributed by atoms with Gasteiger partial charge in [-0.15, -0.1) is 11.3 Å². The molecule has 0 saturated carbocycles. The number of benzene rings is 2. The molecule has 2 fully saturated rings. The molecule has 0 spiro atoms. The molecule has 45 heavy (non-hydrogen) atoms. The number of thiazole rings is 1. The highest BCUT2D eigenvalue weighted by Gasteiger charge is 2.25. The van der Waals surface area contributed by atoms with Crippen molar-refractivity contribution in [3.05, 3.63) is 83.0 Å². The Labute approximate surface area is 265 Å². The van der Waals surface area contributed by atoms with E-state index >= 15 is 4.39 Å². The second kappa shape index (κ2) is 12.3. The van der Waals surface area contributed by atoms with Gasteiger partial charge in [-0.1, -0.05) is 13.0 Å². The van der Waals surface area contributed by atoms with E-state index in [1.165, 1.54) is 23.5 Å². The fourth-order valence-corrected chi connectivity index (χ4v) is 7.38. The van der Waals surface area contributed by atoms with Crippen LogP contribution in [0.15, 0.2) is 60.1 Å². The fourth-order valence-electron chi connectivity index (χ4n) is 6.47. The van der Waals surface area contributed by atoms with Crippen molar-refractivity contribution < 1.29 is 13.6 Å². The van der Waals surface area contributed by atoms with E-state index in [-0.39, 0.29) is 17.5 Å². The average Bonchev–Trinajstić information content (AvgIpc) is 3.84. The number of aryl methyl sites for hydroxylation is 1. The Morgan fingerprint density at radius 2 is 1.62 bits per heavy atom. The van der Waals surface area contributed by atoms with Gasteiger partial charge in [-0.05, 0) is 74.2 Å². The lowest BCUT2D eigenvalue weighted by Crippen LogP contribution is -2.49. The first-order valence-corrected chi connectivity index (χ1v) is 16.5. The number of rotatable bonds is 7. The molecule has 7 rings (SSSR count). The maximum atomic E-state index is 16.3. The number of anilines is 1. The zero-order valence-electron chi connectivity index (χ0n) is 25.6. The Bertz CT molecular complexity index is 1850. The van der Waals surface area contributed by atoms with Crippen LogP contribution >= 0.6 is 11.3 Å². The van der Waals surface area contributed by atoms with Crippen molar-refractivity contribution >= 4 is 28.6 Å². The molecule has 3 aromatic heterocycles. The van der Waals surface area contributed by atoms with E-state index in [0.717, 1.165) is 96.7 Å². The molecule has 2 aliphatic rings. The predicted molar refractivity (Wildman–Crippen MR) is 176 cm³/mol. The molecule has 232 valence electrons. The Hall–Kier alpha value is -4.15. The number of hydrogen-bond donors (Lipinski definition) is 0. The highest BCUT2D eigenvalue weighted by Crippen LogP contribution is 2.37. The lowest BCUT2D eigenvalue weighted by molar-refractivity contribution is -0.131. The van der Waals surface area contributed by atoms with Gasteiger partial charge in [0.05, 0.1) is 29.3 Å². The van der Waals surface area contributed by atoms with E-state index in [4.69, 9.17) is 9.97 Å². The first kappa shape index (κ1) is 29.6. The number of hydrogen-bond acceptors (Lipinski definition) is 6. The van der Waals surface area contributed by atoms with Crippen LogP contribution in [-0.2, 0) is 11.2 Å². The minimum Gasteiger partial charge on any atom is -0.368 e. The largest absolute Gasteiger partial charge is 0.368 e. The van der Waals surface area contributed by atoms with Gasteiger partial charge in [-0.3, -0.25) is 14.1 Å². The maximum absolute atomic E-state index is 16.3. The van der Waals surface area contributed by atoms with Gasteiger partial charge in [0, 0.05) is 67.5 Å². The zero-order valence-corrected chi connectivity index (χ0v) is 26.4. The van der Waals surface area contributed by atoms with Crippen molar-refractivity contribution in [2.45, 2.75) is 33.1 Å². The number of piperazine rings is 1. The smallest absolute Gasteiger partial charge is 0.236 e. The van der Waals surface area contributed by atoms with Crippen molar-refractivity contribution in [1.29, 1.82) is 0 Å². The van der Waals surface area contributed by atoms with Gasteiger partial charge < -0.3 is 9.80 Å². The topological polar surface area (TPSA) is 57.0 Å². The number of aromatic nitrogens is 3. The van der Waals surface area contributed by atoms with Crippen LogP contribution in [0.2, 0.25) is 0 Å². The van der Waals surface area contributed by atoms with E-state index in [1.807, 2.05) is 39.8 Å². The van der Waals surface area contributed by atoms with Gasteiger partial charge in [-0.2, -0.15) is 0 Å². The van der Waals surface area contributed by atoms with Crippen molar-refractivity contribution in [1.82, 2.24) is 24.2 Å². The molecule has 5 aromatic rings. The molecule has 1 amide bonds. The summed E-state index contributed by atoms with van der Waals surface area (Å²) < 4.78 is 31.7. The zero-order chi connectivity index (χ0) is 31.1. The van der Waals surface area contributed by atoms with Crippen molar-refractivity contribution in [3.8, 4) is 33.1 Å². The standard InChI is InChI=1S/C35H36F2N6OS/c1-3-29-34(28-12-11-27(23(2)33(28)37)35-39-30(22-45-35)24-6-8-25(36)9-7-24)43-20-26(10-13-31(43)38-29)41-18-16-40(17-19-41)21-32(44)42-14-4-5-15-42/h6-13,20,22H,3-5,14-19,21H2,1-2H3. The number of carbonyl (C=O) groups excluding carboxylic acids is 1. The van der Waals surface area contributed by atoms with Crippen LogP contribution < -0.4 is 4.90 Å². The summed E-state index contributed by atoms with van der Waals surface area (Å²) in [6, 6.07) is 14.1. The molecule has 0 atom stereocenters. The predicted octanol–water partition coefficient (Wildman–Crippen LogP) is 6.69. The summed E-state index contributed by atoms with van der Waals surface area (Å²) >= 11 is 1.45. The Balaban J connectivity index is 1.14. The monoisotopic (exact) mass is 626 g/mol. The van der Waals surface area contributed by atoms with Crippen molar-refractivity contribution in [3.63, 3.8) is 0 Å². The fraction of sp³-hybridized carbons (Fsp3) is 0.343. The third kappa shape index (κ3) is 5.73. The normalized spacial score (nSPS) is 15.8. The van der Waals surface area contributed by atoms with E-state index in [0.29, 0.717) is 24.1 Å². The van der Waals surface area contributed by atoms with Crippen LogP contribution in [0.5, 0.6) is 0 Å². The molecule has 2 aromatic carbocycles. The summed E-state index contributed by atoms with van der Waals surface area (Å²) in [6.07, 6.45) is 4.96. The highest BCUT2D eigenvalue weighted by molar-refractivity contribution is 7.13. The van der Waals surface area contributed by atoms with Crippen LogP contribution in [0, 0.1) is 18.6 Å². The Kier molecular flexibility index (Phi) is 8.10. The van der Waals surface area contributed by atoms with Gasteiger partial charge in [-0.25, -0.2) is 18.7 Å². The van der Waals surface area contributed by atoms with Gasteiger partial charge in [0.25, 0.3) is 0 Å². The molecule has 2 aliphatic heterocycles. The number of nitrogens with zero attached hydrogens (tertiary/aromatic N) is 6. The lowest BCUT2D eigenvalue weighted by Gasteiger charge is -2.36. The van der Waals surface area contributed by atoms with E-state index in [9.17, 15) is 9.18 Å². The summed E-state index contributed by atoms with van der Waals surface area (Å²) in [7, 11) is 0. The summed E-state index contributed by atoms with van der Waals surface area (Å²) in [5, 5.41) is 2.63. The quantitative estimate of drug-likeness (QED) is 0.202. The molecule has 0 N–H and O–H groups in total. The molecule has 0 bridgehead atoms. The Morgan fingerprint density at radius 1 is 0.889 bits per heavy atom. The maximum Gasteiger partial charge on any atom is 0.236 e. The summed E-state index contributed by atoms with van der Waals surface area (Å²) in [5.41, 5.74) is 6.78. The minimum absolute atomic E-state index is 0.240. The number of pyridine rings is 1. The van der Waals surface area contributed by atoms with Gasteiger partial charge in [0.1, 0.15) is 22.3 Å². The van der Waals surface area contributed by atoms with Crippen LogP contribution in [0.25, 0.3) is 38.7 Å². The Morgan fingerprint density at radius 3 is 2.36 bits per heavy atom. The minimum atomic E-state index is -0.294. The number of imidazole rings is 1. The molecule has 7 nitrogen and oxygen atoms in total. The second-order valence-electron chi connectivity index (χ2n) is 11.9. The number of carbonyl (C=O) groups is 1. The van der Waals surface area contributed by atoms with Gasteiger partial charge in [0.15, 0.2) is 0 Å². The summed E-state index contributed by atoms with van der Waals surface area (Å²) in [4.78, 5) is 28.8. The number of likely N-dealkylation sites (tertiary alicyclic amines) is 1. The third-order valence-electron chi connectivity index (χ3n) is 9.08. The molecule has 0 radical (unpaired) electrons. The molecule has 0 unspecified atom stereocenters. The van der Waals surface area contributed by atoms with Gasteiger partial charge >= 0.3 is 0 Å². The molecule has 2 saturated heterocycles. The first-order chi connectivity index (χ1) is 21.9.